The van der Waals surface area contributed by atoms with Gasteiger partial charge in [0, 0.05) is 23.3 Å². The van der Waals surface area contributed by atoms with Gasteiger partial charge in [-0.3, -0.25) is 4.90 Å². The number of hydrogen-bond donors (Lipinski definition) is 1. The van der Waals surface area contributed by atoms with E-state index >= 15 is 0 Å². The molecular weight excluding hydrogens is 232 g/mol. The van der Waals surface area contributed by atoms with Crippen molar-refractivity contribution in [1.82, 2.24) is 4.90 Å². The Morgan fingerprint density at radius 3 is 2.94 bits per heavy atom. The Kier molecular flexibility index (Phi) is 4.30. The van der Waals surface area contributed by atoms with Crippen LogP contribution < -0.4 is 5.73 Å². The molecule has 17 heavy (non-hydrogen) atoms. The molecule has 1 unspecified atom stereocenters. The van der Waals surface area contributed by atoms with Gasteiger partial charge in [0.15, 0.2) is 0 Å². The van der Waals surface area contributed by atoms with Crippen LogP contribution in [-0.2, 0) is 6.54 Å². The summed E-state index contributed by atoms with van der Waals surface area (Å²) in [6.07, 6.45) is 5.31. The molecule has 0 spiro atoms. The van der Waals surface area contributed by atoms with E-state index in [0.717, 1.165) is 17.3 Å². The molecule has 0 aromatic heterocycles. The van der Waals surface area contributed by atoms with Crippen LogP contribution in [0.2, 0.25) is 5.02 Å². The Bertz CT molecular complexity index is 378. The van der Waals surface area contributed by atoms with E-state index in [4.69, 9.17) is 17.3 Å². The predicted octanol–water partition coefficient (Wildman–Crippen LogP) is 3.69. The second-order valence-corrected chi connectivity index (χ2v) is 5.43. The molecule has 1 aliphatic heterocycles. The number of benzene rings is 1. The van der Waals surface area contributed by atoms with Crippen molar-refractivity contribution in [1.29, 1.82) is 0 Å². The van der Waals surface area contributed by atoms with Crippen LogP contribution in [0, 0.1) is 0 Å². The first-order valence-electron chi connectivity index (χ1n) is 6.45. The van der Waals surface area contributed by atoms with Gasteiger partial charge in [-0.25, -0.2) is 0 Å². The molecule has 0 saturated carbocycles. The molecule has 2 N–H and O–H groups in total. The van der Waals surface area contributed by atoms with Crippen LogP contribution in [0.4, 0.5) is 5.69 Å². The van der Waals surface area contributed by atoms with E-state index in [9.17, 15) is 0 Å². The maximum Gasteiger partial charge on any atom is 0.0471 e. The second kappa shape index (κ2) is 5.74. The van der Waals surface area contributed by atoms with Gasteiger partial charge in [0.05, 0.1) is 0 Å². The molecule has 94 valence electrons. The quantitative estimate of drug-likeness (QED) is 0.814. The van der Waals surface area contributed by atoms with E-state index in [2.05, 4.69) is 17.9 Å². The van der Waals surface area contributed by atoms with Crippen molar-refractivity contribution in [2.45, 2.75) is 45.2 Å². The van der Waals surface area contributed by atoms with E-state index in [-0.39, 0.29) is 0 Å². The van der Waals surface area contributed by atoms with Crippen LogP contribution in [0.25, 0.3) is 0 Å². The minimum Gasteiger partial charge on any atom is -0.399 e. The molecule has 1 heterocycles. The average Bonchev–Trinajstić information content (AvgIpc) is 2.48. The molecule has 1 aromatic carbocycles. The molecule has 1 aromatic rings. The Balaban J connectivity index is 2.08. The highest BCUT2D eigenvalue weighted by Crippen LogP contribution is 2.24. The van der Waals surface area contributed by atoms with Crippen molar-refractivity contribution in [3.05, 3.63) is 28.8 Å². The average molecular weight is 253 g/mol. The number of anilines is 1. The zero-order chi connectivity index (χ0) is 12.3. The van der Waals surface area contributed by atoms with Crippen LogP contribution in [0.1, 0.15) is 38.2 Å². The van der Waals surface area contributed by atoms with E-state index in [0.29, 0.717) is 6.04 Å². The molecule has 1 aliphatic rings. The third kappa shape index (κ3) is 3.36. The number of nitrogens with two attached hydrogens (primary N) is 1. The third-order valence-corrected chi connectivity index (χ3v) is 3.99. The number of hydrogen-bond acceptors (Lipinski definition) is 2. The van der Waals surface area contributed by atoms with Crippen molar-refractivity contribution < 1.29 is 0 Å². The van der Waals surface area contributed by atoms with Gasteiger partial charge < -0.3 is 5.73 Å². The first kappa shape index (κ1) is 12.7. The van der Waals surface area contributed by atoms with Crippen molar-refractivity contribution in [2.24, 2.45) is 0 Å². The lowest BCUT2D eigenvalue weighted by Gasteiger charge is -2.27. The summed E-state index contributed by atoms with van der Waals surface area (Å²) in [6.45, 7) is 4.44. The third-order valence-electron chi connectivity index (χ3n) is 3.64. The van der Waals surface area contributed by atoms with Gasteiger partial charge in [0.1, 0.15) is 0 Å². The summed E-state index contributed by atoms with van der Waals surface area (Å²) in [5.74, 6) is 0. The molecule has 0 amide bonds. The summed E-state index contributed by atoms with van der Waals surface area (Å²) in [5, 5.41) is 0.793. The van der Waals surface area contributed by atoms with Gasteiger partial charge in [-0.05, 0) is 44.0 Å². The molecule has 0 aliphatic carbocycles. The standard InChI is InChI=1S/C14H21ClN2/c1-11-5-3-2-4-8-17(11)10-12-6-7-13(16)9-14(12)15/h6-7,9,11H,2-5,8,10,16H2,1H3. The minimum atomic E-state index is 0.658. The lowest BCUT2D eigenvalue weighted by atomic mass is 10.1. The van der Waals surface area contributed by atoms with E-state index in [1.54, 1.807) is 0 Å². The lowest BCUT2D eigenvalue weighted by Crippen LogP contribution is -2.32. The highest BCUT2D eigenvalue weighted by atomic mass is 35.5. The molecule has 0 radical (unpaired) electrons. The normalized spacial score (nSPS) is 22.4. The maximum absolute atomic E-state index is 6.23. The summed E-state index contributed by atoms with van der Waals surface area (Å²) < 4.78 is 0. The highest BCUT2D eigenvalue weighted by Gasteiger charge is 2.17. The summed E-state index contributed by atoms with van der Waals surface area (Å²) in [4.78, 5) is 2.53. The molecule has 1 atom stereocenters. The smallest absolute Gasteiger partial charge is 0.0471 e. The van der Waals surface area contributed by atoms with Crippen LogP contribution in [0.5, 0.6) is 0 Å². The molecule has 1 fully saturated rings. The van der Waals surface area contributed by atoms with Gasteiger partial charge in [0.2, 0.25) is 0 Å². The number of nitrogen functional groups attached to an aromatic ring is 1. The largest absolute Gasteiger partial charge is 0.399 e. The SMILES string of the molecule is CC1CCCCCN1Cc1ccc(N)cc1Cl. The van der Waals surface area contributed by atoms with E-state index in [1.165, 1.54) is 37.8 Å². The zero-order valence-corrected chi connectivity index (χ0v) is 11.2. The summed E-state index contributed by atoms with van der Waals surface area (Å²) >= 11 is 6.23. The summed E-state index contributed by atoms with van der Waals surface area (Å²) in [5.41, 5.74) is 7.64. The van der Waals surface area contributed by atoms with Crippen LogP contribution in [0.15, 0.2) is 18.2 Å². The maximum atomic E-state index is 6.23. The van der Waals surface area contributed by atoms with Gasteiger partial charge in [-0.15, -0.1) is 0 Å². The number of likely N-dealkylation sites (tertiary alicyclic amines) is 1. The Morgan fingerprint density at radius 1 is 1.35 bits per heavy atom. The molecule has 0 bridgehead atoms. The first-order valence-corrected chi connectivity index (χ1v) is 6.82. The number of rotatable bonds is 2. The predicted molar refractivity (Wildman–Crippen MR) is 74.2 cm³/mol. The fourth-order valence-corrected chi connectivity index (χ4v) is 2.73. The van der Waals surface area contributed by atoms with Crippen LogP contribution >= 0.6 is 11.6 Å². The fourth-order valence-electron chi connectivity index (χ4n) is 2.48. The Hall–Kier alpha value is -0.730. The molecular formula is C14H21ClN2. The van der Waals surface area contributed by atoms with E-state index < -0.39 is 0 Å². The minimum absolute atomic E-state index is 0.658. The monoisotopic (exact) mass is 252 g/mol. The second-order valence-electron chi connectivity index (χ2n) is 5.02. The van der Waals surface area contributed by atoms with E-state index in [1.807, 2.05) is 12.1 Å². The molecule has 2 nitrogen and oxygen atoms in total. The Morgan fingerprint density at radius 2 is 2.18 bits per heavy atom. The molecule has 1 saturated heterocycles. The van der Waals surface area contributed by atoms with Crippen molar-refractivity contribution in [3.63, 3.8) is 0 Å². The Labute approximate surface area is 109 Å². The fraction of sp³-hybridized carbons (Fsp3) is 0.571. The van der Waals surface area contributed by atoms with Crippen molar-refractivity contribution in [3.8, 4) is 0 Å². The highest BCUT2D eigenvalue weighted by molar-refractivity contribution is 6.31. The number of nitrogens with zero attached hydrogens (tertiary/aromatic N) is 1. The lowest BCUT2D eigenvalue weighted by molar-refractivity contribution is 0.205. The van der Waals surface area contributed by atoms with Crippen LogP contribution in [0.3, 0.4) is 0 Å². The number of halogens is 1. The molecule has 3 heteroatoms. The van der Waals surface area contributed by atoms with Crippen molar-refractivity contribution >= 4 is 17.3 Å². The van der Waals surface area contributed by atoms with Gasteiger partial charge in [0.25, 0.3) is 0 Å². The zero-order valence-electron chi connectivity index (χ0n) is 10.5. The molecule has 2 rings (SSSR count). The van der Waals surface area contributed by atoms with Gasteiger partial charge in [-0.1, -0.05) is 30.5 Å². The van der Waals surface area contributed by atoms with Crippen molar-refractivity contribution in [2.75, 3.05) is 12.3 Å². The van der Waals surface area contributed by atoms with Crippen LogP contribution in [-0.4, -0.2) is 17.5 Å². The summed E-state index contributed by atoms with van der Waals surface area (Å²) in [7, 11) is 0. The van der Waals surface area contributed by atoms with Gasteiger partial charge >= 0.3 is 0 Å². The summed E-state index contributed by atoms with van der Waals surface area (Å²) in [6, 6.07) is 6.49. The topological polar surface area (TPSA) is 29.3 Å². The van der Waals surface area contributed by atoms with Gasteiger partial charge in [-0.2, -0.15) is 0 Å². The first-order chi connectivity index (χ1) is 8.16.